The van der Waals surface area contributed by atoms with Crippen molar-refractivity contribution in [2.45, 2.75) is 45.6 Å². The van der Waals surface area contributed by atoms with Gasteiger partial charge in [0, 0.05) is 0 Å². The Hall–Kier alpha value is -1.43. The Morgan fingerprint density at radius 2 is 2.11 bits per heavy atom. The van der Waals surface area contributed by atoms with Gasteiger partial charge in [-0.15, -0.1) is 0 Å². The maximum Gasteiger partial charge on any atom is 0.349 e. The summed E-state index contributed by atoms with van der Waals surface area (Å²) < 4.78 is 5.64. The first-order valence-electron chi connectivity index (χ1n) is 6.21. The number of nitrogens with zero attached hydrogens (tertiary/aromatic N) is 3. The summed E-state index contributed by atoms with van der Waals surface area (Å²) in [7, 11) is 0. The number of nitro groups is 1. The zero-order valence-electron chi connectivity index (χ0n) is 10.9. The van der Waals surface area contributed by atoms with Crippen LogP contribution in [-0.4, -0.2) is 21.0 Å². The molecule has 0 unspecified atom stereocenters. The van der Waals surface area contributed by atoms with Crippen molar-refractivity contribution in [1.82, 2.24) is 9.97 Å². The van der Waals surface area contributed by atoms with Gasteiger partial charge in [0.1, 0.15) is 12.3 Å². The smallest absolute Gasteiger partial charge is 0.349 e. The molecule has 2 rings (SSSR count). The third-order valence-corrected chi connectivity index (χ3v) is 3.65. The van der Waals surface area contributed by atoms with Crippen molar-refractivity contribution < 1.29 is 9.66 Å². The lowest BCUT2D eigenvalue weighted by molar-refractivity contribution is -0.386. The van der Waals surface area contributed by atoms with Crippen LogP contribution in [-0.2, 0) is 0 Å². The van der Waals surface area contributed by atoms with Crippen molar-refractivity contribution in [2.24, 2.45) is 5.41 Å². The van der Waals surface area contributed by atoms with E-state index in [0.717, 1.165) is 31.9 Å². The third kappa shape index (κ3) is 3.53. The molecule has 1 aromatic rings. The summed E-state index contributed by atoms with van der Waals surface area (Å²) in [5.41, 5.74) is 0.0731. The molecule has 0 spiro atoms. The van der Waals surface area contributed by atoms with E-state index >= 15 is 0 Å². The molecule has 1 aliphatic rings. The molecule has 0 aromatic carbocycles. The van der Waals surface area contributed by atoms with Gasteiger partial charge < -0.3 is 4.74 Å². The van der Waals surface area contributed by atoms with E-state index in [2.05, 4.69) is 23.8 Å². The quantitative estimate of drug-likeness (QED) is 0.483. The molecule has 0 saturated heterocycles. The van der Waals surface area contributed by atoms with Crippen LogP contribution in [0.15, 0.2) is 6.20 Å². The van der Waals surface area contributed by atoms with Gasteiger partial charge in [-0.05, 0) is 42.7 Å². The molecular formula is C12H16ClN3O3. The molecule has 0 aliphatic heterocycles. The van der Waals surface area contributed by atoms with Crippen molar-refractivity contribution in [2.75, 3.05) is 0 Å². The molecule has 7 heteroatoms. The molecule has 0 amide bonds. The SMILES string of the molecule is CC1(C)CCC(Oc2nc(Cl)ncc2[N+](=O)[O-])CC1. The second kappa shape index (κ2) is 5.28. The van der Waals surface area contributed by atoms with Gasteiger partial charge in [0.05, 0.1) is 4.92 Å². The Labute approximate surface area is 116 Å². The summed E-state index contributed by atoms with van der Waals surface area (Å²) in [5.74, 6) is -0.0327. The Balaban J connectivity index is 2.11. The molecular weight excluding hydrogens is 270 g/mol. The highest BCUT2D eigenvalue weighted by molar-refractivity contribution is 6.28. The van der Waals surface area contributed by atoms with Gasteiger partial charge in [0.15, 0.2) is 0 Å². The first-order valence-corrected chi connectivity index (χ1v) is 6.59. The van der Waals surface area contributed by atoms with Crippen molar-refractivity contribution in [3.8, 4) is 5.88 Å². The fourth-order valence-corrected chi connectivity index (χ4v) is 2.33. The molecule has 104 valence electrons. The largest absolute Gasteiger partial charge is 0.469 e. The molecule has 0 N–H and O–H groups in total. The third-order valence-electron chi connectivity index (χ3n) is 3.47. The van der Waals surface area contributed by atoms with E-state index < -0.39 is 4.92 Å². The van der Waals surface area contributed by atoms with Crippen LogP contribution in [0.3, 0.4) is 0 Å². The molecule has 1 fully saturated rings. The predicted octanol–water partition coefficient (Wildman–Crippen LogP) is 3.39. The van der Waals surface area contributed by atoms with Crippen molar-refractivity contribution in [3.05, 3.63) is 21.6 Å². The van der Waals surface area contributed by atoms with Crippen molar-refractivity contribution in [1.29, 1.82) is 0 Å². The number of rotatable bonds is 3. The highest BCUT2D eigenvalue weighted by Crippen LogP contribution is 2.37. The van der Waals surface area contributed by atoms with E-state index in [9.17, 15) is 10.1 Å². The Kier molecular flexibility index (Phi) is 3.89. The fourth-order valence-electron chi connectivity index (χ4n) is 2.20. The normalized spacial score (nSPS) is 19.1. The zero-order valence-corrected chi connectivity index (χ0v) is 11.7. The highest BCUT2D eigenvalue weighted by atomic mass is 35.5. The lowest BCUT2D eigenvalue weighted by Gasteiger charge is -2.33. The average molecular weight is 286 g/mol. The van der Waals surface area contributed by atoms with Crippen LogP contribution in [0.2, 0.25) is 5.28 Å². The average Bonchev–Trinajstić information content (AvgIpc) is 2.31. The van der Waals surface area contributed by atoms with E-state index in [1.807, 2.05) is 0 Å². The monoisotopic (exact) mass is 285 g/mol. The fraction of sp³-hybridized carbons (Fsp3) is 0.667. The summed E-state index contributed by atoms with van der Waals surface area (Å²) in [6.45, 7) is 4.43. The second-order valence-electron chi connectivity index (χ2n) is 5.57. The van der Waals surface area contributed by atoms with Crippen molar-refractivity contribution >= 4 is 17.3 Å². The molecule has 0 bridgehead atoms. The van der Waals surface area contributed by atoms with Gasteiger partial charge in [-0.2, -0.15) is 4.98 Å². The van der Waals surface area contributed by atoms with E-state index in [0.29, 0.717) is 5.41 Å². The lowest BCUT2D eigenvalue weighted by Crippen LogP contribution is -2.28. The number of halogens is 1. The minimum atomic E-state index is -0.557. The molecule has 6 nitrogen and oxygen atoms in total. The van der Waals surface area contributed by atoms with Gasteiger partial charge in [-0.1, -0.05) is 13.8 Å². The summed E-state index contributed by atoms with van der Waals surface area (Å²) in [4.78, 5) is 17.7. The summed E-state index contributed by atoms with van der Waals surface area (Å²) in [5, 5.41) is 10.8. The molecule has 1 aromatic heterocycles. The van der Waals surface area contributed by atoms with Crippen LogP contribution in [0.5, 0.6) is 5.88 Å². The molecule has 19 heavy (non-hydrogen) atoms. The number of ether oxygens (including phenoxy) is 1. The van der Waals surface area contributed by atoms with Crippen molar-refractivity contribution in [3.63, 3.8) is 0 Å². The van der Waals surface area contributed by atoms with E-state index in [1.54, 1.807) is 0 Å². The van der Waals surface area contributed by atoms with Crippen LogP contribution in [0, 0.1) is 15.5 Å². The predicted molar refractivity (Wildman–Crippen MR) is 70.4 cm³/mol. The van der Waals surface area contributed by atoms with Gasteiger partial charge in [-0.25, -0.2) is 4.98 Å². The topological polar surface area (TPSA) is 78.2 Å². The number of aromatic nitrogens is 2. The first kappa shape index (κ1) is 14.0. The molecule has 0 radical (unpaired) electrons. The molecule has 0 atom stereocenters. The Morgan fingerprint density at radius 1 is 1.47 bits per heavy atom. The zero-order chi connectivity index (χ0) is 14.0. The summed E-state index contributed by atoms with van der Waals surface area (Å²) >= 11 is 5.66. The number of hydrogen-bond donors (Lipinski definition) is 0. The van der Waals surface area contributed by atoms with Gasteiger partial charge in [-0.3, -0.25) is 10.1 Å². The van der Waals surface area contributed by atoms with Crippen LogP contribution < -0.4 is 4.74 Å². The Morgan fingerprint density at radius 3 is 2.68 bits per heavy atom. The minimum Gasteiger partial charge on any atom is -0.469 e. The molecule has 1 aliphatic carbocycles. The molecule has 1 heterocycles. The van der Waals surface area contributed by atoms with Crippen LogP contribution in [0.4, 0.5) is 5.69 Å². The van der Waals surface area contributed by atoms with Crippen LogP contribution in [0.1, 0.15) is 39.5 Å². The van der Waals surface area contributed by atoms with Gasteiger partial charge in [0.25, 0.3) is 5.88 Å². The second-order valence-corrected chi connectivity index (χ2v) is 5.91. The highest BCUT2D eigenvalue weighted by Gasteiger charge is 2.30. The minimum absolute atomic E-state index is 0.0327. The van der Waals surface area contributed by atoms with Crippen LogP contribution in [0.25, 0.3) is 0 Å². The number of hydrogen-bond acceptors (Lipinski definition) is 5. The van der Waals surface area contributed by atoms with E-state index in [-0.39, 0.29) is 23.0 Å². The standard InChI is InChI=1S/C12H16ClN3O3/c1-12(2)5-3-8(4-6-12)19-10-9(16(17)18)7-14-11(13)15-10/h7-8H,3-6H2,1-2H3. The maximum absolute atomic E-state index is 10.9. The molecule has 1 saturated carbocycles. The van der Waals surface area contributed by atoms with E-state index in [4.69, 9.17) is 16.3 Å². The van der Waals surface area contributed by atoms with Crippen LogP contribution >= 0.6 is 11.6 Å². The lowest BCUT2D eigenvalue weighted by atomic mass is 9.76. The van der Waals surface area contributed by atoms with Gasteiger partial charge >= 0.3 is 5.69 Å². The van der Waals surface area contributed by atoms with Gasteiger partial charge in [0.2, 0.25) is 5.28 Å². The Bertz CT molecular complexity index is 483. The van der Waals surface area contributed by atoms with E-state index in [1.165, 1.54) is 0 Å². The summed E-state index contributed by atoms with van der Waals surface area (Å²) in [6.07, 6.45) is 4.83. The summed E-state index contributed by atoms with van der Waals surface area (Å²) in [6, 6.07) is 0. The maximum atomic E-state index is 10.9. The first-order chi connectivity index (χ1) is 8.87.